The van der Waals surface area contributed by atoms with E-state index in [-0.39, 0.29) is 0 Å². The summed E-state index contributed by atoms with van der Waals surface area (Å²) >= 11 is 5.96. The Morgan fingerprint density at radius 1 is 1.46 bits per heavy atom. The Balaban J connectivity index is 1.52. The van der Waals surface area contributed by atoms with Crippen molar-refractivity contribution in [3.05, 3.63) is 29.3 Å². The van der Waals surface area contributed by atoms with Crippen LogP contribution in [-0.4, -0.2) is 56.9 Å². The first-order chi connectivity index (χ1) is 11.7. The standard InChI is InChI=1S/C18H26ClN3O2/c1-2-20-17(22-9-6-18(13-22)7-10-23-14-18)21-8-11-24-16-5-3-4-15(19)12-16/h3-5,12H,2,6-11,13-14H2,1H3,(H,20,21). The van der Waals surface area contributed by atoms with Crippen molar-refractivity contribution in [1.29, 1.82) is 0 Å². The summed E-state index contributed by atoms with van der Waals surface area (Å²) in [7, 11) is 0. The molecule has 0 amide bonds. The maximum Gasteiger partial charge on any atom is 0.194 e. The van der Waals surface area contributed by atoms with Crippen LogP contribution in [0, 0.1) is 5.41 Å². The molecule has 132 valence electrons. The molecule has 1 aromatic rings. The van der Waals surface area contributed by atoms with Gasteiger partial charge in [-0.05, 0) is 38.0 Å². The highest BCUT2D eigenvalue weighted by atomic mass is 35.5. The minimum absolute atomic E-state index is 0.341. The predicted octanol–water partition coefficient (Wildman–Crippen LogP) is 2.80. The van der Waals surface area contributed by atoms with E-state index < -0.39 is 0 Å². The van der Waals surface area contributed by atoms with E-state index in [2.05, 4.69) is 17.1 Å². The molecule has 24 heavy (non-hydrogen) atoms. The predicted molar refractivity (Wildman–Crippen MR) is 97.0 cm³/mol. The SMILES string of the molecule is CCNC(=NCCOc1cccc(Cl)c1)N1CCC2(CCOC2)C1. The highest BCUT2D eigenvalue weighted by molar-refractivity contribution is 6.30. The second-order valence-corrected chi connectivity index (χ2v) is 6.95. The molecular formula is C18H26ClN3O2. The van der Waals surface area contributed by atoms with Crippen LogP contribution in [0.15, 0.2) is 29.3 Å². The Kier molecular flexibility index (Phi) is 5.85. The van der Waals surface area contributed by atoms with Crippen molar-refractivity contribution in [1.82, 2.24) is 10.2 Å². The third kappa shape index (κ3) is 4.33. The molecule has 1 N–H and O–H groups in total. The molecule has 1 unspecified atom stereocenters. The van der Waals surface area contributed by atoms with Crippen LogP contribution < -0.4 is 10.1 Å². The van der Waals surface area contributed by atoms with Gasteiger partial charge >= 0.3 is 0 Å². The number of rotatable bonds is 5. The van der Waals surface area contributed by atoms with Crippen LogP contribution in [0.1, 0.15) is 19.8 Å². The Morgan fingerprint density at radius 3 is 3.12 bits per heavy atom. The van der Waals surface area contributed by atoms with Gasteiger partial charge in [-0.1, -0.05) is 17.7 Å². The fourth-order valence-electron chi connectivity index (χ4n) is 3.38. The molecule has 2 saturated heterocycles. The van der Waals surface area contributed by atoms with E-state index >= 15 is 0 Å². The third-order valence-electron chi connectivity index (χ3n) is 4.68. The molecule has 0 radical (unpaired) electrons. The van der Waals surface area contributed by atoms with Crippen molar-refractivity contribution < 1.29 is 9.47 Å². The lowest BCUT2D eigenvalue weighted by atomic mass is 9.87. The van der Waals surface area contributed by atoms with Crippen molar-refractivity contribution in [3.8, 4) is 5.75 Å². The van der Waals surface area contributed by atoms with Crippen molar-refractivity contribution >= 4 is 17.6 Å². The Hall–Kier alpha value is -1.46. The summed E-state index contributed by atoms with van der Waals surface area (Å²) in [5, 5.41) is 4.08. The summed E-state index contributed by atoms with van der Waals surface area (Å²) in [6.07, 6.45) is 2.36. The highest BCUT2D eigenvalue weighted by Crippen LogP contribution is 2.38. The Morgan fingerprint density at radius 2 is 2.38 bits per heavy atom. The van der Waals surface area contributed by atoms with Crippen LogP contribution in [0.5, 0.6) is 5.75 Å². The zero-order valence-electron chi connectivity index (χ0n) is 14.3. The van der Waals surface area contributed by atoms with E-state index in [1.165, 1.54) is 12.8 Å². The van der Waals surface area contributed by atoms with Gasteiger partial charge in [-0.2, -0.15) is 0 Å². The van der Waals surface area contributed by atoms with Gasteiger partial charge in [0.2, 0.25) is 0 Å². The fraction of sp³-hybridized carbons (Fsp3) is 0.611. The van der Waals surface area contributed by atoms with Crippen LogP contribution in [0.3, 0.4) is 0 Å². The highest BCUT2D eigenvalue weighted by Gasteiger charge is 2.42. The summed E-state index contributed by atoms with van der Waals surface area (Å²) in [6.45, 7) is 8.00. The zero-order valence-corrected chi connectivity index (χ0v) is 15.0. The number of nitrogens with zero attached hydrogens (tertiary/aromatic N) is 2. The number of aliphatic imine (C=N–C) groups is 1. The number of halogens is 1. The molecule has 0 aliphatic carbocycles. The van der Waals surface area contributed by atoms with E-state index in [4.69, 9.17) is 26.1 Å². The molecule has 0 aromatic heterocycles. The van der Waals surface area contributed by atoms with Crippen LogP contribution in [0.25, 0.3) is 0 Å². The lowest BCUT2D eigenvalue weighted by molar-refractivity contribution is 0.156. The van der Waals surface area contributed by atoms with Crippen molar-refractivity contribution in [2.75, 3.05) is 46.0 Å². The van der Waals surface area contributed by atoms with Gasteiger partial charge in [0.05, 0.1) is 13.2 Å². The largest absolute Gasteiger partial charge is 0.492 e. The van der Waals surface area contributed by atoms with Gasteiger partial charge in [-0.3, -0.25) is 0 Å². The summed E-state index contributed by atoms with van der Waals surface area (Å²) in [5.41, 5.74) is 0.341. The lowest BCUT2D eigenvalue weighted by Gasteiger charge is -2.25. The normalized spacial score (nSPS) is 23.9. The lowest BCUT2D eigenvalue weighted by Crippen LogP contribution is -2.41. The number of ether oxygens (including phenoxy) is 2. The number of likely N-dealkylation sites (tertiary alicyclic amines) is 1. The first-order valence-corrected chi connectivity index (χ1v) is 9.08. The number of nitrogens with one attached hydrogen (secondary N) is 1. The molecule has 2 aliphatic rings. The van der Waals surface area contributed by atoms with Gasteiger partial charge in [-0.25, -0.2) is 4.99 Å². The van der Waals surface area contributed by atoms with E-state index in [0.717, 1.165) is 44.6 Å². The third-order valence-corrected chi connectivity index (χ3v) is 4.91. The summed E-state index contributed by atoms with van der Waals surface area (Å²) < 4.78 is 11.3. The molecule has 2 aliphatic heterocycles. The maximum absolute atomic E-state index is 5.96. The average Bonchev–Trinajstić information content (AvgIpc) is 3.21. The summed E-state index contributed by atoms with van der Waals surface area (Å²) in [4.78, 5) is 7.08. The molecule has 3 rings (SSSR count). The van der Waals surface area contributed by atoms with Gasteiger partial charge in [0.25, 0.3) is 0 Å². The van der Waals surface area contributed by atoms with Crippen molar-refractivity contribution in [2.24, 2.45) is 10.4 Å². The second-order valence-electron chi connectivity index (χ2n) is 6.52. The summed E-state index contributed by atoms with van der Waals surface area (Å²) in [6, 6.07) is 7.45. The van der Waals surface area contributed by atoms with E-state index in [1.807, 2.05) is 24.3 Å². The molecule has 2 heterocycles. The number of hydrogen-bond donors (Lipinski definition) is 1. The van der Waals surface area contributed by atoms with Crippen molar-refractivity contribution in [3.63, 3.8) is 0 Å². The molecule has 2 fully saturated rings. The van der Waals surface area contributed by atoms with Gasteiger partial charge < -0.3 is 19.7 Å². The first-order valence-electron chi connectivity index (χ1n) is 8.70. The molecule has 6 heteroatoms. The van der Waals surface area contributed by atoms with Gasteiger partial charge in [-0.15, -0.1) is 0 Å². The number of benzene rings is 1. The molecule has 1 spiro atoms. The van der Waals surface area contributed by atoms with Crippen LogP contribution in [-0.2, 0) is 4.74 Å². The van der Waals surface area contributed by atoms with Crippen LogP contribution in [0.4, 0.5) is 0 Å². The molecule has 5 nitrogen and oxygen atoms in total. The van der Waals surface area contributed by atoms with Gasteiger partial charge in [0.15, 0.2) is 5.96 Å². The van der Waals surface area contributed by atoms with E-state index in [9.17, 15) is 0 Å². The second kappa shape index (κ2) is 8.08. The Bertz CT molecular complexity index is 573. The molecule has 0 bridgehead atoms. The Labute approximate surface area is 149 Å². The van der Waals surface area contributed by atoms with Crippen LogP contribution in [0.2, 0.25) is 5.02 Å². The molecule has 1 atom stereocenters. The topological polar surface area (TPSA) is 46.1 Å². The molecule has 0 saturated carbocycles. The van der Waals surface area contributed by atoms with E-state index in [0.29, 0.717) is 23.6 Å². The maximum atomic E-state index is 5.96. The first kappa shape index (κ1) is 17.4. The minimum Gasteiger partial charge on any atom is -0.492 e. The number of guanidine groups is 1. The van der Waals surface area contributed by atoms with Gasteiger partial charge in [0.1, 0.15) is 12.4 Å². The van der Waals surface area contributed by atoms with E-state index in [1.54, 1.807) is 0 Å². The minimum atomic E-state index is 0.341. The zero-order chi connectivity index (χ0) is 16.8. The van der Waals surface area contributed by atoms with Crippen LogP contribution >= 0.6 is 11.6 Å². The summed E-state index contributed by atoms with van der Waals surface area (Å²) in [5.74, 6) is 1.77. The van der Waals surface area contributed by atoms with Gasteiger partial charge in [0, 0.05) is 36.7 Å². The fourth-order valence-corrected chi connectivity index (χ4v) is 3.57. The quantitative estimate of drug-likeness (QED) is 0.503. The monoisotopic (exact) mass is 351 g/mol. The van der Waals surface area contributed by atoms with Crippen molar-refractivity contribution in [2.45, 2.75) is 19.8 Å². The smallest absolute Gasteiger partial charge is 0.194 e. The molecule has 1 aromatic carbocycles. The molecular weight excluding hydrogens is 326 g/mol. The average molecular weight is 352 g/mol. The number of hydrogen-bond acceptors (Lipinski definition) is 3.